The Kier molecular flexibility index (Phi) is 3.87. The number of nitrogens with one attached hydrogen (secondary N) is 2. The largest absolute Gasteiger partial charge is 0.354 e. The fraction of sp³-hybridized carbons (Fsp3) is 0.700. The minimum Gasteiger partial charge on any atom is -0.354 e. The Morgan fingerprint density at radius 3 is 2.62 bits per heavy atom. The van der Waals surface area contributed by atoms with Gasteiger partial charge in [-0.15, -0.1) is 0 Å². The van der Waals surface area contributed by atoms with Gasteiger partial charge in [-0.05, 0) is 13.3 Å². The van der Waals surface area contributed by atoms with Gasteiger partial charge in [-0.25, -0.2) is 0 Å². The van der Waals surface area contributed by atoms with Crippen molar-refractivity contribution in [2.45, 2.75) is 32.4 Å². The molecule has 1 aliphatic rings. The third-order valence-corrected chi connectivity index (χ3v) is 2.62. The topological polar surface area (TPSA) is 78.5 Å². The van der Waals surface area contributed by atoms with E-state index in [0.717, 1.165) is 0 Å². The predicted molar refractivity (Wildman–Crippen MR) is 57.5 cm³/mol. The van der Waals surface area contributed by atoms with Gasteiger partial charge in [0.1, 0.15) is 12.1 Å². The van der Waals surface area contributed by atoms with Crippen LogP contribution >= 0.6 is 0 Å². The number of hydrogen-bond donors (Lipinski definition) is 2. The second kappa shape index (κ2) is 4.96. The molecule has 90 valence electrons. The van der Waals surface area contributed by atoms with E-state index in [0.29, 0.717) is 13.0 Å². The maximum Gasteiger partial charge on any atom is 0.245 e. The summed E-state index contributed by atoms with van der Waals surface area (Å²) < 4.78 is 0. The molecule has 1 aliphatic heterocycles. The van der Waals surface area contributed by atoms with Gasteiger partial charge in [-0.2, -0.15) is 0 Å². The minimum atomic E-state index is -0.601. The first-order chi connectivity index (χ1) is 7.43. The number of carbonyl (C=O) groups excluding carboxylic acids is 3. The molecule has 3 amide bonds. The Labute approximate surface area is 94.4 Å². The molecule has 0 bridgehead atoms. The summed E-state index contributed by atoms with van der Waals surface area (Å²) in [5.74, 6) is -0.645. The monoisotopic (exact) mass is 227 g/mol. The Morgan fingerprint density at radius 1 is 1.56 bits per heavy atom. The zero-order chi connectivity index (χ0) is 12.3. The second-order valence-electron chi connectivity index (χ2n) is 3.97. The van der Waals surface area contributed by atoms with Crippen LogP contribution in [-0.2, 0) is 14.4 Å². The molecule has 6 nitrogen and oxygen atoms in total. The number of hydrogen-bond acceptors (Lipinski definition) is 3. The molecule has 0 aliphatic carbocycles. The van der Waals surface area contributed by atoms with Gasteiger partial charge in [0.2, 0.25) is 17.7 Å². The van der Waals surface area contributed by atoms with E-state index < -0.39 is 12.1 Å². The lowest BCUT2D eigenvalue weighted by molar-refractivity contribution is -0.139. The van der Waals surface area contributed by atoms with Crippen molar-refractivity contribution in [3.05, 3.63) is 0 Å². The van der Waals surface area contributed by atoms with Crippen LogP contribution in [0.5, 0.6) is 0 Å². The number of nitrogens with zero attached hydrogens (tertiary/aromatic N) is 1. The molecule has 0 aromatic carbocycles. The molecule has 1 rings (SSSR count). The Hall–Kier alpha value is -1.59. The van der Waals surface area contributed by atoms with Crippen LogP contribution in [0.4, 0.5) is 0 Å². The lowest BCUT2D eigenvalue weighted by Crippen LogP contribution is -2.50. The highest BCUT2D eigenvalue weighted by atomic mass is 16.2. The van der Waals surface area contributed by atoms with Crippen molar-refractivity contribution >= 4 is 17.7 Å². The van der Waals surface area contributed by atoms with Gasteiger partial charge in [0, 0.05) is 20.5 Å². The highest BCUT2D eigenvalue weighted by molar-refractivity contribution is 5.92. The van der Waals surface area contributed by atoms with Crippen LogP contribution in [-0.4, -0.2) is 48.3 Å². The van der Waals surface area contributed by atoms with Gasteiger partial charge in [-0.1, -0.05) is 0 Å². The van der Waals surface area contributed by atoms with Crippen LogP contribution in [0.2, 0.25) is 0 Å². The van der Waals surface area contributed by atoms with Crippen LogP contribution in [0.15, 0.2) is 0 Å². The third-order valence-electron chi connectivity index (χ3n) is 2.62. The fourth-order valence-electron chi connectivity index (χ4n) is 1.78. The molecule has 2 atom stereocenters. The Balaban J connectivity index is 2.59. The molecule has 6 heteroatoms. The second-order valence-corrected chi connectivity index (χ2v) is 3.97. The molecule has 0 aromatic rings. The zero-order valence-corrected chi connectivity index (χ0v) is 9.74. The van der Waals surface area contributed by atoms with E-state index in [-0.39, 0.29) is 17.7 Å². The van der Waals surface area contributed by atoms with Crippen molar-refractivity contribution in [1.82, 2.24) is 15.5 Å². The van der Waals surface area contributed by atoms with E-state index >= 15 is 0 Å². The maximum absolute atomic E-state index is 11.8. The van der Waals surface area contributed by atoms with E-state index in [4.69, 9.17) is 0 Å². The SMILES string of the molecule is CC(=O)N[C@@H](C)C(=O)N(C)[C@H]1CCNC1=O. The van der Waals surface area contributed by atoms with Gasteiger partial charge >= 0.3 is 0 Å². The van der Waals surface area contributed by atoms with Crippen molar-refractivity contribution in [3.63, 3.8) is 0 Å². The van der Waals surface area contributed by atoms with Crippen molar-refractivity contribution in [2.24, 2.45) is 0 Å². The minimum absolute atomic E-state index is 0.133. The summed E-state index contributed by atoms with van der Waals surface area (Å²) in [5.41, 5.74) is 0. The molecule has 1 fully saturated rings. The van der Waals surface area contributed by atoms with E-state index in [9.17, 15) is 14.4 Å². The molecule has 0 aromatic heterocycles. The van der Waals surface area contributed by atoms with Gasteiger partial charge in [-0.3, -0.25) is 14.4 Å². The van der Waals surface area contributed by atoms with Crippen molar-refractivity contribution in [3.8, 4) is 0 Å². The first kappa shape index (κ1) is 12.5. The Bertz CT molecular complexity index is 316. The molecule has 0 saturated carbocycles. The lowest BCUT2D eigenvalue weighted by atomic mass is 10.2. The number of rotatable bonds is 3. The normalized spacial score (nSPS) is 21.2. The molecule has 16 heavy (non-hydrogen) atoms. The lowest BCUT2D eigenvalue weighted by Gasteiger charge is -2.25. The molecular weight excluding hydrogens is 210 g/mol. The van der Waals surface area contributed by atoms with Gasteiger partial charge < -0.3 is 15.5 Å². The zero-order valence-electron chi connectivity index (χ0n) is 9.74. The third kappa shape index (κ3) is 2.71. The highest BCUT2D eigenvalue weighted by Crippen LogP contribution is 2.09. The number of amides is 3. The molecule has 2 N–H and O–H groups in total. The van der Waals surface area contributed by atoms with E-state index in [1.165, 1.54) is 11.8 Å². The first-order valence-electron chi connectivity index (χ1n) is 5.25. The van der Waals surface area contributed by atoms with Crippen molar-refractivity contribution in [2.75, 3.05) is 13.6 Å². The van der Waals surface area contributed by atoms with Crippen LogP contribution in [0.3, 0.4) is 0 Å². The summed E-state index contributed by atoms with van der Waals surface area (Å²) in [4.78, 5) is 35.4. The fourth-order valence-corrected chi connectivity index (χ4v) is 1.78. The van der Waals surface area contributed by atoms with E-state index in [1.807, 2.05) is 0 Å². The summed E-state index contributed by atoms with van der Waals surface area (Å²) in [6.07, 6.45) is 0.619. The molecule has 0 unspecified atom stereocenters. The summed E-state index contributed by atoms with van der Waals surface area (Å²) >= 11 is 0. The molecule has 0 radical (unpaired) electrons. The standard InChI is InChI=1S/C10H17N3O3/c1-6(12-7(2)14)10(16)13(3)8-4-5-11-9(8)15/h6,8H,4-5H2,1-3H3,(H,11,15)(H,12,14)/t6-,8-/m0/s1. The van der Waals surface area contributed by atoms with Gasteiger partial charge in [0.05, 0.1) is 0 Å². The van der Waals surface area contributed by atoms with Crippen LogP contribution in [0.1, 0.15) is 20.3 Å². The maximum atomic E-state index is 11.8. The molecule has 0 spiro atoms. The van der Waals surface area contributed by atoms with Gasteiger partial charge in [0.25, 0.3) is 0 Å². The van der Waals surface area contributed by atoms with Crippen LogP contribution in [0.25, 0.3) is 0 Å². The average Bonchev–Trinajstić information content (AvgIpc) is 2.61. The Morgan fingerprint density at radius 2 is 2.19 bits per heavy atom. The van der Waals surface area contributed by atoms with Crippen LogP contribution in [0, 0.1) is 0 Å². The highest BCUT2D eigenvalue weighted by Gasteiger charge is 2.32. The summed E-state index contributed by atoms with van der Waals surface area (Å²) in [5, 5.41) is 5.16. The summed E-state index contributed by atoms with van der Waals surface area (Å²) in [7, 11) is 1.58. The summed E-state index contributed by atoms with van der Waals surface area (Å²) in [6, 6.07) is -1.01. The van der Waals surface area contributed by atoms with Crippen molar-refractivity contribution in [1.29, 1.82) is 0 Å². The van der Waals surface area contributed by atoms with E-state index in [2.05, 4.69) is 10.6 Å². The van der Waals surface area contributed by atoms with Crippen molar-refractivity contribution < 1.29 is 14.4 Å². The van der Waals surface area contributed by atoms with E-state index in [1.54, 1.807) is 14.0 Å². The smallest absolute Gasteiger partial charge is 0.245 e. The van der Waals surface area contributed by atoms with Crippen LogP contribution < -0.4 is 10.6 Å². The first-order valence-corrected chi connectivity index (χ1v) is 5.25. The molecular formula is C10H17N3O3. The molecule has 1 heterocycles. The average molecular weight is 227 g/mol. The summed E-state index contributed by atoms with van der Waals surface area (Å²) in [6.45, 7) is 3.55. The number of carbonyl (C=O) groups is 3. The number of likely N-dealkylation sites (N-methyl/N-ethyl adjacent to an activating group) is 1. The quantitative estimate of drug-likeness (QED) is 0.639. The predicted octanol–water partition coefficient (Wildman–Crippen LogP) is -1.14. The van der Waals surface area contributed by atoms with Gasteiger partial charge in [0.15, 0.2) is 0 Å². The molecule has 1 saturated heterocycles.